The zero-order valence-electron chi connectivity index (χ0n) is 10.8. The van der Waals surface area contributed by atoms with Gasteiger partial charge in [-0.05, 0) is 25.3 Å². The van der Waals surface area contributed by atoms with E-state index in [1.54, 1.807) is 7.11 Å². The standard InChI is InChI=1S/C13H28N2O/c1-16-12-11-15-10-9-14-8-4-7-13-5-2-3-6-13/h13-15H,2-12H2,1H3. The Bertz CT molecular complexity index is 147. The summed E-state index contributed by atoms with van der Waals surface area (Å²) in [6.07, 6.45) is 8.70. The molecule has 3 heteroatoms. The van der Waals surface area contributed by atoms with E-state index in [2.05, 4.69) is 10.6 Å². The molecule has 1 aliphatic carbocycles. The second-order valence-corrected chi connectivity index (χ2v) is 4.79. The van der Waals surface area contributed by atoms with Crippen molar-refractivity contribution >= 4 is 0 Å². The Kier molecular flexibility index (Phi) is 8.77. The molecule has 0 heterocycles. The van der Waals surface area contributed by atoms with Gasteiger partial charge in [0.25, 0.3) is 0 Å². The number of nitrogens with one attached hydrogen (secondary N) is 2. The van der Waals surface area contributed by atoms with E-state index in [0.717, 1.165) is 32.2 Å². The summed E-state index contributed by atoms with van der Waals surface area (Å²) in [6, 6.07) is 0. The van der Waals surface area contributed by atoms with Crippen LogP contribution < -0.4 is 10.6 Å². The molecule has 1 aliphatic rings. The van der Waals surface area contributed by atoms with E-state index in [4.69, 9.17) is 4.74 Å². The quantitative estimate of drug-likeness (QED) is 0.559. The van der Waals surface area contributed by atoms with Crippen LogP contribution in [0.4, 0.5) is 0 Å². The third-order valence-electron chi connectivity index (χ3n) is 3.40. The summed E-state index contributed by atoms with van der Waals surface area (Å²) < 4.78 is 4.96. The van der Waals surface area contributed by atoms with Crippen LogP contribution >= 0.6 is 0 Å². The lowest BCUT2D eigenvalue weighted by atomic mass is 10.0. The molecule has 0 aromatic rings. The van der Waals surface area contributed by atoms with Gasteiger partial charge in [-0.15, -0.1) is 0 Å². The number of hydrogen-bond acceptors (Lipinski definition) is 3. The van der Waals surface area contributed by atoms with Crippen LogP contribution in [-0.4, -0.2) is 39.9 Å². The zero-order valence-corrected chi connectivity index (χ0v) is 10.8. The summed E-state index contributed by atoms with van der Waals surface area (Å²) >= 11 is 0. The molecule has 16 heavy (non-hydrogen) atoms. The summed E-state index contributed by atoms with van der Waals surface area (Å²) in [5.74, 6) is 1.04. The molecule has 0 radical (unpaired) electrons. The lowest BCUT2D eigenvalue weighted by molar-refractivity contribution is 0.199. The molecule has 1 saturated carbocycles. The monoisotopic (exact) mass is 228 g/mol. The first-order chi connectivity index (χ1) is 7.93. The van der Waals surface area contributed by atoms with Gasteiger partial charge in [-0.3, -0.25) is 0 Å². The molecule has 0 aromatic heterocycles. The van der Waals surface area contributed by atoms with E-state index < -0.39 is 0 Å². The average molecular weight is 228 g/mol. The van der Waals surface area contributed by atoms with E-state index in [-0.39, 0.29) is 0 Å². The molecule has 3 nitrogen and oxygen atoms in total. The molecule has 0 bridgehead atoms. The molecule has 0 atom stereocenters. The average Bonchev–Trinajstić information content (AvgIpc) is 2.80. The van der Waals surface area contributed by atoms with Gasteiger partial charge in [0.1, 0.15) is 0 Å². The van der Waals surface area contributed by atoms with Gasteiger partial charge in [-0.25, -0.2) is 0 Å². The summed E-state index contributed by atoms with van der Waals surface area (Å²) in [6.45, 7) is 5.07. The first-order valence-corrected chi connectivity index (χ1v) is 6.84. The van der Waals surface area contributed by atoms with Crippen LogP contribution in [0.25, 0.3) is 0 Å². The van der Waals surface area contributed by atoms with Crippen molar-refractivity contribution in [1.29, 1.82) is 0 Å². The summed E-state index contributed by atoms with van der Waals surface area (Å²) in [5.41, 5.74) is 0. The minimum atomic E-state index is 0.807. The van der Waals surface area contributed by atoms with Gasteiger partial charge in [-0.2, -0.15) is 0 Å². The Morgan fingerprint density at radius 3 is 2.38 bits per heavy atom. The van der Waals surface area contributed by atoms with Gasteiger partial charge >= 0.3 is 0 Å². The Balaban J connectivity index is 1.71. The molecule has 0 unspecified atom stereocenters. The van der Waals surface area contributed by atoms with Crippen molar-refractivity contribution in [3.63, 3.8) is 0 Å². The van der Waals surface area contributed by atoms with Crippen molar-refractivity contribution in [2.75, 3.05) is 39.9 Å². The normalized spacial score (nSPS) is 17.1. The largest absolute Gasteiger partial charge is 0.383 e. The van der Waals surface area contributed by atoms with Gasteiger partial charge in [0.15, 0.2) is 0 Å². The number of ether oxygens (including phenoxy) is 1. The van der Waals surface area contributed by atoms with Crippen LogP contribution in [0.1, 0.15) is 38.5 Å². The lowest BCUT2D eigenvalue weighted by Crippen LogP contribution is -2.30. The minimum Gasteiger partial charge on any atom is -0.383 e. The maximum Gasteiger partial charge on any atom is 0.0587 e. The van der Waals surface area contributed by atoms with Crippen LogP contribution in [0.15, 0.2) is 0 Å². The molecule has 0 amide bonds. The fourth-order valence-electron chi connectivity index (χ4n) is 2.42. The molecule has 2 N–H and O–H groups in total. The summed E-state index contributed by atoms with van der Waals surface area (Å²) in [7, 11) is 1.74. The molecular weight excluding hydrogens is 200 g/mol. The maximum atomic E-state index is 4.96. The molecule has 0 spiro atoms. The first kappa shape index (κ1) is 13.9. The summed E-state index contributed by atoms with van der Waals surface area (Å²) in [5, 5.41) is 6.81. The molecule has 0 aromatic carbocycles. The maximum absolute atomic E-state index is 4.96. The van der Waals surface area contributed by atoms with Crippen molar-refractivity contribution in [2.45, 2.75) is 38.5 Å². The van der Waals surface area contributed by atoms with Crippen LogP contribution in [0.3, 0.4) is 0 Å². The second-order valence-electron chi connectivity index (χ2n) is 4.79. The molecule has 0 saturated heterocycles. The Labute approximate surface area is 100 Å². The number of methoxy groups -OCH3 is 1. The lowest BCUT2D eigenvalue weighted by Gasteiger charge is -2.09. The highest BCUT2D eigenvalue weighted by molar-refractivity contribution is 4.67. The van der Waals surface area contributed by atoms with E-state index in [1.165, 1.54) is 45.1 Å². The molecular formula is C13H28N2O. The number of rotatable bonds is 10. The fourth-order valence-corrected chi connectivity index (χ4v) is 2.42. The van der Waals surface area contributed by atoms with Crippen molar-refractivity contribution < 1.29 is 4.74 Å². The third-order valence-corrected chi connectivity index (χ3v) is 3.40. The van der Waals surface area contributed by atoms with Crippen molar-refractivity contribution in [2.24, 2.45) is 5.92 Å². The highest BCUT2D eigenvalue weighted by Gasteiger charge is 2.13. The van der Waals surface area contributed by atoms with Gasteiger partial charge < -0.3 is 15.4 Å². The highest BCUT2D eigenvalue weighted by Crippen LogP contribution is 2.28. The third kappa shape index (κ3) is 7.20. The fraction of sp³-hybridized carbons (Fsp3) is 1.00. The van der Waals surface area contributed by atoms with Crippen LogP contribution in [0, 0.1) is 5.92 Å². The van der Waals surface area contributed by atoms with Crippen molar-refractivity contribution in [1.82, 2.24) is 10.6 Å². The predicted octanol–water partition coefficient (Wildman–Crippen LogP) is 1.78. The molecule has 1 fully saturated rings. The van der Waals surface area contributed by atoms with E-state index in [1.807, 2.05) is 0 Å². The van der Waals surface area contributed by atoms with Gasteiger partial charge in [-0.1, -0.05) is 25.7 Å². The highest BCUT2D eigenvalue weighted by atomic mass is 16.5. The number of hydrogen-bond donors (Lipinski definition) is 2. The molecule has 1 rings (SSSR count). The molecule has 96 valence electrons. The van der Waals surface area contributed by atoms with Gasteiger partial charge in [0.2, 0.25) is 0 Å². The molecule has 0 aliphatic heterocycles. The Hall–Kier alpha value is -0.120. The van der Waals surface area contributed by atoms with Crippen LogP contribution in [0.5, 0.6) is 0 Å². The van der Waals surface area contributed by atoms with Gasteiger partial charge in [0.05, 0.1) is 6.61 Å². The van der Waals surface area contributed by atoms with E-state index in [9.17, 15) is 0 Å². The Morgan fingerprint density at radius 2 is 1.69 bits per heavy atom. The predicted molar refractivity (Wildman–Crippen MR) is 68.8 cm³/mol. The van der Waals surface area contributed by atoms with E-state index >= 15 is 0 Å². The van der Waals surface area contributed by atoms with Crippen molar-refractivity contribution in [3.05, 3.63) is 0 Å². The second kappa shape index (κ2) is 10.1. The smallest absolute Gasteiger partial charge is 0.0587 e. The SMILES string of the molecule is COCCNCCNCCCC1CCCC1. The Morgan fingerprint density at radius 1 is 1.00 bits per heavy atom. The van der Waals surface area contributed by atoms with Crippen LogP contribution in [-0.2, 0) is 4.74 Å². The topological polar surface area (TPSA) is 33.3 Å². The van der Waals surface area contributed by atoms with Crippen LogP contribution in [0.2, 0.25) is 0 Å². The van der Waals surface area contributed by atoms with Crippen molar-refractivity contribution in [3.8, 4) is 0 Å². The summed E-state index contributed by atoms with van der Waals surface area (Å²) in [4.78, 5) is 0. The van der Waals surface area contributed by atoms with E-state index in [0.29, 0.717) is 0 Å². The first-order valence-electron chi connectivity index (χ1n) is 6.84. The van der Waals surface area contributed by atoms with Gasteiger partial charge in [0, 0.05) is 26.7 Å². The zero-order chi connectivity index (χ0) is 11.5. The minimum absolute atomic E-state index is 0.807.